The van der Waals surface area contributed by atoms with Gasteiger partial charge in [-0.15, -0.1) is 0 Å². The summed E-state index contributed by atoms with van der Waals surface area (Å²) >= 11 is 0. The highest BCUT2D eigenvalue weighted by Crippen LogP contribution is 2.27. The van der Waals surface area contributed by atoms with E-state index < -0.39 is 0 Å². The normalized spacial score (nSPS) is 17.9. The van der Waals surface area contributed by atoms with Crippen LogP contribution in [-0.2, 0) is 0 Å². The maximum atomic E-state index is 12.2. The van der Waals surface area contributed by atoms with Crippen molar-refractivity contribution in [2.24, 2.45) is 0 Å². The van der Waals surface area contributed by atoms with Crippen LogP contribution in [0.4, 0.5) is 0 Å². The van der Waals surface area contributed by atoms with Crippen LogP contribution >= 0.6 is 0 Å². The van der Waals surface area contributed by atoms with Crippen molar-refractivity contribution in [3.05, 3.63) is 84.8 Å². The minimum atomic E-state index is -0.187. The molecule has 170 valence electrons. The van der Waals surface area contributed by atoms with Crippen molar-refractivity contribution in [1.82, 2.24) is 20.6 Å². The van der Waals surface area contributed by atoms with Gasteiger partial charge in [0.05, 0.1) is 17.4 Å². The highest BCUT2D eigenvalue weighted by atomic mass is 16.3. The first-order valence-electron chi connectivity index (χ1n) is 11.3. The number of nitrogens with one attached hydrogen (secondary N) is 3. The molecule has 6 nitrogen and oxygen atoms in total. The minimum absolute atomic E-state index is 0.162. The van der Waals surface area contributed by atoms with Crippen molar-refractivity contribution in [1.29, 1.82) is 0 Å². The van der Waals surface area contributed by atoms with Gasteiger partial charge >= 0.3 is 0 Å². The van der Waals surface area contributed by atoms with Crippen molar-refractivity contribution in [3.8, 4) is 22.5 Å². The number of carbonyl (C=O) groups is 1. The number of hydrogen-bond acceptors (Lipinski definition) is 4. The topological polar surface area (TPSA) is 90.0 Å². The summed E-state index contributed by atoms with van der Waals surface area (Å²) in [7, 11) is 0. The molecule has 1 aromatic carbocycles. The Labute approximate surface area is 194 Å². The molecule has 4 N–H and O–H groups in total. The van der Waals surface area contributed by atoms with Crippen LogP contribution in [0.5, 0.6) is 0 Å². The maximum absolute atomic E-state index is 12.2. The van der Waals surface area contributed by atoms with Crippen LogP contribution in [0.25, 0.3) is 28.2 Å². The van der Waals surface area contributed by atoms with Crippen LogP contribution in [0.3, 0.4) is 0 Å². The molecular formula is C27H30N4O2. The molecular weight excluding hydrogens is 412 g/mol. The van der Waals surface area contributed by atoms with Gasteiger partial charge in [-0.1, -0.05) is 37.4 Å². The van der Waals surface area contributed by atoms with Crippen LogP contribution < -0.4 is 10.6 Å². The summed E-state index contributed by atoms with van der Waals surface area (Å²) in [6.45, 7) is 9.62. The van der Waals surface area contributed by atoms with Gasteiger partial charge in [0, 0.05) is 40.5 Å². The molecule has 3 aromatic rings. The number of nitrogens with zero attached hydrogens (tertiary/aromatic N) is 1. The molecule has 0 spiro atoms. The third kappa shape index (κ3) is 5.23. The van der Waals surface area contributed by atoms with Gasteiger partial charge in [0.2, 0.25) is 0 Å². The molecule has 4 rings (SSSR count). The zero-order valence-corrected chi connectivity index (χ0v) is 18.9. The lowest BCUT2D eigenvalue weighted by molar-refractivity contribution is 0.0969. The average molecular weight is 443 g/mol. The molecule has 1 aliphatic carbocycles. The molecule has 0 atom stereocenters. The quantitative estimate of drug-likeness (QED) is 0.424. The summed E-state index contributed by atoms with van der Waals surface area (Å²) in [6.07, 6.45) is 6.60. The van der Waals surface area contributed by atoms with Gasteiger partial charge in [-0.25, -0.2) is 0 Å². The second-order valence-corrected chi connectivity index (χ2v) is 8.53. The van der Waals surface area contributed by atoms with Crippen LogP contribution in [0, 0.1) is 6.92 Å². The number of benzene rings is 1. The summed E-state index contributed by atoms with van der Waals surface area (Å²) in [5.41, 5.74) is 6.99. The Morgan fingerprint density at radius 1 is 1.12 bits per heavy atom. The third-order valence-electron chi connectivity index (χ3n) is 6.17. The number of aliphatic hydroxyl groups excluding tert-OH is 1. The number of rotatable bonds is 7. The molecule has 0 aliphatic heterocycles. The van der Waals surface area contributed by atoms with Crippen molar-refractivity contribution < 1.29 is 9.90 Å². The number of hydrogen-bond donors (Lipinski definition) is 4. The fourth-order valence-corrected chi connectivity index (χ4v) is 4.27. The number of pyridine rings is 1. The van der Waals surface area contributed by atoms with E-state index in [1.807, 2.05) is 49.4 Å². The number of amides is 1. The summed E-state index contributed by atoms with van der Waals surface area (Å²) in [4.78, 5) is 20.0. The molecule has 0 radical (unpaired) electrons. The number of aromatic amines is 1. The average Bonchev–Trinajstić information content (AvgIpc) is 3.23. The number of aromatic nitrogens is 2. The zero-order chi connectivity index (χ0) is 23.4. The van der Waals surface area contributed by atoms with Gasteiger partial charge in [-0.3, -0.25) is 9.78 Å². The fraction of sp³-hybridized carbons (Fsp3) is 0.259. The lowest BCUT2D eigenvalue weighted by Gasteiger charge is -2.27. The molecule has 1 aliphatic rings. The predicted molar refractivity (Wildman–Crippen MR) is 132 cm³/mol. The Morgan fingerprint density at radius 2 is 1.85 bits per heavy atom. The van der Waals surface area contributed by atoms with E-state index >= 15 is 0 Å². The van der Waals surface area contributed by atoms with Crippen molar-refractivity contribution >= 4 is 11.6 Å². The van der Waals surface area contributed by atoms with Gasteiger partial charge in [0.15, 0.2) is 0 Å². The molecule has 1 amide bonds. The first kappa shape index (κ1) is 22.6. The van der Waals surface area contributed by atoms with E-state index in [1.165, 1.54) is 6.20 Å². The molecule has 33 heavy (non-hydrogen) atoms. The smallest absolute Gasteiger partial charge is 0.257 e. The first-order valence-corrected chi connectivity index (χ1v) is 11.3. The highest BCUT2D eigenvalue weighted by Gasteiger charge is 2.19. The van der Waals surface area contributed by atoms with Crippen molar-refractivity contribution in [2.75, 3.05) is 0 Å². The maximum Gasteiger partial charge on any atom is 0.257 e. The van der Waals surface area contributed by atoms with Crippen LogP contribution in [-0.4, -0.2) is 33.1 Å². The monoisotopic (exact) mass is 442 g/mol. The lowest BCUT2D eigenvalue weighted by Crippen LogP contribution is -2.33. The standard InChI is InChI=1S/C27H30N4O2/c1-4-28-27(33)24-16-26(31-18(24)3)21-13-14-29-25(15-21)20-7-5-19(6-8-20)17(2)30-22-9-11-23(32)12-10-22/h4-8,13-16,22-23,30-32H,1-2,9-12H2,3H3,(H,28,33)/t22-,23-. The SMILES string of the molecule is C=CNC(=O)c1cc(-c2ccnc(-c3ccc(C(=C)N[C@H]4CC[C@H](O)CC4)cc3)c2)[nH]c1C. The molecule has 0 bridgehead atoms. The van der Waals surface area contributed by atoms with Gasteiger partial charge in [0.25, 0.3) is 5.91 Å². The first-order chi connectivity index (χ1) is 15.9. The van der Waals surface area contributed by atoms with Gasteiger partial charge < -0.3 is 20.7 Å². The summed E-state index contributed by atoms with van der Waals surface area (Å²) in [6, 6.07) is 14.3. The predicted octanol–water partition coefficient (Wildman–Crippen LogP) is 4.79. The lowest BCUT2D eigenvalue weighted by atomic mass is 9.92. The van der Waals surface area contributed by atoms with Crippen LogP contribution in [0.15, 0.2) is 68.0 Å². The molecule has 2 aromatic heterocycles. The Bertz CT molecular complexity index is 1160. The highest BCUT2D eigenvalue weighted by molar-refractivity contribution is 5.97. The minimum Gasteiger partial charge on any atom is -0.393 e. The molecule has 0 unspecified atom stereocenters. The number of H-pyrrole nitrogens is 1. The summed E-state index contributed by atoms with van der Waals surface area (Å²) < 4.78 is 0. The molecule has 1 saturated carbocycles. The Hall–Kier alpha value is -3.64. The van der Waals surface area contributed by atoms with Crippen LogP contribution in [0.1, 0.15) is 47.3 Å². The van der Waals surface area contributed by atoms with Gasteiger partial charge in [-0.2, -0.15) is 0 Å². The Balaban J connectivity index is 1.48. The van der Waals surface area contributed by atoms with E-state index in [-0.39, 0.29) is 12.0 Å². The molecule has 0 saturated heterocycles. The van der Waals surface area contributed by atoms with E-state index in [0.29, 0.717) is 11.6 Å². The number of aryl methyl sites for hydroxylation is 1. The number of carbonyl (C=O) groups excluding carboxylic acids is 1. The fourth-order valence-electron chi connectivity index (χ4n) is 4.27. The van der Waals surface area contributed by atoms with E-state index in [0.717, 1.165) is 65.2 Å². The summed E-state index contributed by atoms with van der Waals surface area (Å²) in [5, 5.41) is 15.8. The Kier molecular flexibility index (Phi) is 6.75. The Morgan fingerprint density at radius 3 is 2.55 bits per heavy atom. The number of aliphatic hydroxyl groups is 1. The van der Waals surface area contributed by atoms with E-state index in [9.17, 15) is 9.90 Å². The van der Waals surface area contributed by atoms with E-state index in [4.69, 9.17) is 0 Å². The van der Waals surface area contributed by atoms with Crippen molar-refractivity contribution in [3.63, 3.8) is 0 Å². The van der Waals surface area contributed by atoms with E-state index in [1.54, 1.807) is 6.20 Å². The molecule has 6 heteroatoms. The van der Waals surface area contributed by atoms with Crippen LogP contribution in [0.2, 0.25) is 0 Å². The zero-order valence-electron chi connectivity index (χ0n) is 18.9. The third-order valence-corrected chi connectivity index (χ3v) is 6.17. The van der Waals surface area contributed by atoms with E-state index in [2.05, 4.69) is 33.8 Å². The largest absolute Gasteiger partial charge is 0.393 e. The molecule has 1 fully saturated rings. The molecule has 2 heterocycles. The van der Waals surface area contributed by atoms with Gasteiger partial charge in [-0.05, 0) is 62.6 Å². The second kappa shape index (κ2) is 9.88. The second-order valence-electron chi connectivity index (χ2n) is 8.53. The summed E-state index contributed by atoms with van der Waals surface area (Å²) in [5.74, 6) is -0.187. The van der Waals surface area contributed by atoms with Crippen molar-refractivity contribution in [2.45, 2.75) is 44.8 Å². The van der Waals surface area contributed by atoms with Gasteiger partial charge in [0.1, 0.15) is 0 Å².